The summed E-state index contributed by atoms with van der Waals surface area (Å²) in [7, 11) is -3.80. The second-order valence-electron chi connectivity index (χ2n) is 8.66. The third-order valence-electron chi connectivity index (χ3n) is 5.56. The highest BCUT2D eigenvalue weighted by Gasteiger charge is 2.17. The van der Waals surface area contributed by atoms with Crippen molar-refractivity contribution < 1.29 is 18.3 Å². The van der Waals surface area contributed by atoms with E-state index in [-0.39, 0.29) is 10.6 Å². The van der Waals surface area contributed by atoms with Crippen LogP contribution in [0.4, 0.5) is 0 Å². The largest absolute Gasteiger partial charge is 0.476 e. The van der Waals surface area contributed by atoms with Gasteiger partial charge in [0.2, 0.25) is 15.2 Å². The Morgan fingerprint density at radius 3 is 2.55 bits per heavy atom. The molecule has 2 aromatic carbocycles. The Morgan fingerprint density at radius 2 is 1.95 bits per heavy atom. The second kappa shape index (κ2) is 11.1. The Bertz CT molecular complexity index is 1680. The minimum absolute atomic E-state index is 0.0367. The molecule has 3 N–H and O–H groups in total. The predicted octanol–water partition coefficient (Wildman–Crippen LogP) is 5.47. The number of carboxylic acid groups (broad SMARTS) is 1. The van der Waals surface area contributed by atoms with Crippen molar-refractivity contribution in [2.45, 2.75) is 25.2 Å². The number of benzene rings is 2. The average molecular weight is 547 g/mol. The first-order valence-electron chi connectivity index (χ1n) is 11.6. The van der Waals surface area contributed by atoms with Gasteiger partial charge in [-0.1, -0.05) is 60.7 Å². The van der Waals surface area contributed by atoms with Crippen LogP contribution in [-0.2, 0) is 16.4 Å². The average Bonchev–Trinajstić information content (AvgIpc) is 3.51. The Kier molecular flexibility index (Phi) is 7.86. The van der Waals surface area contributed by atoms with E-state index < -0.39 is 16.0 Å². The Hall–Kier alpha value is -4.12. The van der Waals surface area contributed by atoms with Crippen LogP contribution < -0.4 is 5.14 Å². The molecule has 2 heterocycles. The van der Waals surface area contributed by atoms with Crippen LogP contribution in [0, 0.1) is 0 Å². The third-order valence-corrected chi connectivity index (χ3v) is 7.32. The van der Waals surface area contributed by atoms with Gasteiger partial charge in [0.1, 0.15) is 0 Å². The monoisotopic (exact) mass is 546 g/mol. The van der Waals surface area contributed by atoms with Gasteiger partial charge in [-0.25, -0.2) is 28.0 Å². The molecule has 0 aliphatic heterocycles. The molecule has 0 atom stereocenters. The number of thiazole rings is 1. The van der Waals surface area contributed by atoms with Gasteiger partial charge in [0.25, 0.3) is 0 Å². The molecule has 4 aromatic rings. The lowest BCUT2D eigenvalue weighted by atomic mass is 9.97. The minimum Gasteiger partial charge on any atom is -0.476 e. The van der Waals surface area contributed by atoms with E-state index >= 15 is 0 Å². The van der Waals surface area contributed by atoms with Crippen molar-refractivity contribution in [3.8, 4) is 16.4 Å². The predicted molar refractivity (Wildman–Crippen MR) is 150 cm³/mol. The van der Waals surface area contributed by atoms with Crippen LogP contribution in [0.1, 0.15) is 41.0 Å². The maximum Gasteiger partial charge on any atom is 0.355 e. The molecule has 8 nitrogen and oxygen atoms in total. The van der Waals surface area contributed by atoms with Crippen molar-refractivity contribution in [1.29, 1.82) is 0 Å². The van der Waals surface area contributed by atoms with Gasteiger partial charge in [-0.3, -0.25) is 0 Å². The molecule has 0 bridgehead atoms. The number of hydrogen-bond donors (Lipinski definition) is 2. The van der Waals surface area contributed by atoms with Gasteiger partial charge in [-0.2, -0.15) is 5.10 Å². The van der Waals surface area contributed by atoms with Gasteiger partial charge in [0, 0.05) is 29.1 Å². The van der Waals surface area contributed by atoms with Crippen molar-refractivity contribution in [3.63, 3.8) is 0 Å². The van der Waals surface area contributed by atoms with Gasteiger partial charge in [-0.05, 0) is 48.7 Å². The van der Waals surface area contributed by atoms with Crippen LogP contribution in [0.2, 0.25) is 0 Å². The molecule has 0 spiro atoms. The molecule has 0 unspecified atom stereocenters. The highest BCUT2D eigenvalue weighted by molar-refractivity contribution is 7.89. The van der Waals surface area contributed by atoms with Gasteiger partial charge < -0.3 is 5.11 Å². The van der Waals surface area contributed by atoms with Gasteiger partial charge >= 0.3 is 5.97 Å². The van der Waals surface area contributed by atoms with E-state index in [0.29, 0.717) is 17.2 Å². The number of carboxylic acids is 1. The van der Waals surface area contributed by atoms with Crippen molar-refractivity contribution in [3.05, 3.63) is 113 Å². The molecule has 0 radical (unpaired) electrons. The Labute approximate surface area is 225 Å². The number of allylic oxidation sites excluding steroid dienone is 5. The lowest BCUT2D eigenvalue weighted by molar-refractivity contribution is 0.0691. The highest BCUT2D eigenvalue weighted by atomic mass is 32.2. The summed E-state index contributed by atoms with van der Waals surface area (Å²) in [6, 6.07) is 14.3. The smallest absolute Gasteiger partial charge is 0.355 e. The van der Waals surface area contributed by atoms with E-state index in [9.17, 15) is 18.3 Å². The normalized spacial score (nSPS) is 12.2. The van der Waals surface area contributed by atoms with E-state index in [1.807, 2.05) is 62.5 Å². The summed E-state index contributed by atoms with van der Waals surface area (Å²) in [6.45, 7) is 7.89. The topological polar surface area (TPSA) is 128 Å². The van der Waals surface area contributed by atoms with Crippen molar-refractivity contribution >= 4 is 32.9 Å². The summed E-state index contributed by atoms with van der Waals surface area (Å²) in [5.74, 6) is -1.11. The fraction of sp³-hybridized carbons (Fsp3) is 0.107. The minimum atomic E-state index is -3.80. The summed E-state index contributed by atoms with van der Waals surface area (Å²) >= 11 is 1.18. The van der Waals surface area contributed by atoms with Gasteiger partial charge in [0.15, 0.2) is 5.69 Å². The van der Waals surface area contributed by atoms with Crippen molar-refractivity contribution in [2.24, 2.45) is 5.14 Å². The lowest BCUT2D eigenvalue weighted by Crippen LogP contribution is -2.11. The van der Waals surface area contributed by atoms with Crippen molar-refractivity contribution in [1.82, 2.24) is 14.8 Å². The molecule has 0 fully saturated rings. The number of sulfonamides is 1. The molecule has 0 amide bonds. The number of carbonyl (C=O) groups is 1. The SMILES string of the molecule is C=C(C)/C=C(\C=C/C)c1cccc(-c2nn(-c3nc(C(=O)O)cs3)cc2Cc2ccc(S(N)(=O)=O)cc2)c1. The van der Waals surface area contributed by atoms with Crippen LogP contribution in [0.5, 0.6) is 0 Å². The number of aromatic carboxylic acids is 1. The molecule has 194 valence electrons. The van der Waals surface area contributed by atoms with E-state index in [2.05, 4.69) is 11.6 Å². The number of primary sulfonamides is 1. The molecule has 2 aromatic heterocycles. The fourth-order valence-corrected chi connectivity index (χ4v) is 5.12. The summed E-state index contributed by atoms with van der Waals surface area (Å²) in [5.41, 5.74) is 6.15. The molecule has 10 heteroatoms. The maximum atomic E-state index is 11.7. The molecular formula is C28H26N4O4S2. The summed E-state index contributed by atoms with van der Waals surface area (Å²) < 4.78 is 24.9. The summed E-state index contributed by atoms with van der Waals surface area (Å²) in [6.07, 6.45) is 8.26. The molecule has 0 aliphatic rings. The van der Waals surface area contributed by atoms with Gasteiger partial charge in [-0.15, -0.1) is 11.3 Å². The zero-order valence-electron chi connectivity index (χ0n) is 20.8. The lowest BCUT2D eigenvalue weighted by Gasteiger charge is -2.08. The standard InChI is InChI=1S/C28H26N4O4S2/c1-4-6-20(13-18(2)3)21-7-5-8-22(15-21)26-23(14-19-9-11-24(12-10-19)38(29,35)36)16-32(31-26)28-30-25(17-37-28)27(33)34/h4-13,15-17H,2,14H2,1,3H3,(H,33,34)(H2,29,35,36)/b6-4-,20-13+. The Morgan fingerprint density at radius 1 is 1.21 bits per heavy atom. The quantitative estimate of drug-likeness (QED) is 0.268. The first-order valence-corrected chi connectivity index (χ1v) is 14.0. The van der Waals surface area contributed by atoms with Crippen LogP contribution in [-0.4, -0.2) is 34.3 Å². The van der Waals surface area contributed by atoms with Crippen LogP contribution in [0.3, 0.4) is 0 Å². The maximum absolute atomic E-state index is 11.7. The third kappa shape index (κ3) is 6.23. The van der Waals surface area contributed by atoms with E-state index in [1.165, 1.54) is 28.8 Å². The molecule has 4 rings (SSSR count). The summed E-state index contributed by atoms with van der Waals surface area (Å²) in [5, 5.41) is 21.2. The van der Waals surface area contributed by atoms with E-state index in [0.717, 1.165) is 33.4 Å². The molecular weight excluding hydrogens is 520 g/mol. The molecule has 0 saturated carbocycles. The van der Waals surface area contributed by atoms with Crippen molar-refractivity contribution in [2.75, 3.05) is 0 Å². The summed E-state index contributed by atoms with van der Waals surface area (Å²) in [4.78, 5) is 15.6. The number of aromatic nitrogens is 3. The fourth-order valence-electron chi connectivity index (χ4n) is 3.88. The molecule has 0 saturated heterocycles. The van der Waals surface area contributed by atoms with Crippen LogP contribution >= 0.6 is 11.3 Å². The Balaban J connectivity index is 1.81. The van der Waals surface area contributed by atoms with Crippen LogP contribution in [0.25, 0.3) is 22.0 Å². The number of nitrogens with zero attached hydrogens (tertiary/aromatic N) is 3. The van der Waals surface area contributed by atoms with E-state index in [1.54, 1.807) is 16.8 Å². The molecule has 0 aliphatic carbocycles. The van der Waals surface area contributed by atoms with Gasteiger partial charge in [0.05, 0.1) is 10.6 Å². The number of nitrogens with two attached hydrogens (primary N) is 1. The zero-order chi connectivity index (χ0) is 27.4. The zero-order valence-corrected chi connectivity index (χ0v) is 22.5. The molecule has 38 heavy (non-hydrogen) atoms. The number of rotatable bonds is 9. The first kappa shape index (κ1) is 26.9. The number of hydrogen-bond acceptors (Lipinski definition) is 6. The van der Waals surface area contributed by atoms with E-state index in [4.69, 9.17) is 10.2 Å². The first-order chi connectivity index (χ1) is 18.0. The second-order valence-corrected chi connectivity index (χ2v) is 11.1. The van der Waals surface area contributed by atoms with Crippen LogP contribution in [0.15, 0.2) is 95.4 Å². The highest BCUT2D eigenvalue weighted by Crippen LogP contribution is 2.30.